The maximum atomic E-state index is 14.1. The Kier molecular flexibility index (Phi) is 2.22. The second kappa shape index (κ2) is 3.85. The Morgan fingerprint density at radius 1 is 1.10 bits per heavy atom. The highest BCUT2D eigenvalue weighted by atomic mass is 19.1. The van der Waals surface area contributed by atoms with Crippen LogP contribution in [0, 0.1) is 5.41 Å². The van der Waals surface area contributed by atoms with E-state index in [4.69, 9.17) is 4.98 Å². The van der Waals surface area contributed by atoms with Gasteiger partial charge in [-0.25, -0.2) is 4.39 Å². The van der Waals surface area contributed by atoms with Crippen LogP contribution in [0.5, 0.6) is 0 Å². The fourth-order valence-electron chi connectivity index (χ4n) is 5.97. The van der Waals surface area contributed by atoms with Crippen molar-refractivity contribution in [3.63, 3.8) is 0 Å². The number of halogens is 1. The van der Waals surface area contributed by atoms with Crippen LogP contribution in [-0.2, 0) is 5.41 Å². The summed E-state index contributed by atoms with van der Waals surface area (Å²) in [5, 5.41) is 0. The molecule has 1 unspecified atom stereocenters. The lowest BCUT2D eigenvalue weighted by Gasteiger charge is -2.49. The molecule has 108 valence electrons. The summed E-state index contributed by atoms with van der Waals surface area (Å²) >= 11 is 0. The fourth-order valence-corrected chi connectivity index (χ4v) is 5.97. The van der Waals surface area contributed by atoms with E-state index in [1.165, 1.54) is 55.2 Å². The van der Waals surface area contributed by atoms with Crippen molar-refractivity contribution in [2.24, 2.45) is 5.41 Å². The van der Waals surface area contributed by atoms with Crippen molar-refractivity contribution in [2.75, 3.05) is 0 Å². The predicted molar refractivity (Wildman–Crippen MR) is 81.6 cm³/mol. The van der Waals surface area contributed by atoms with Gasteiger partial charge < -0.3 is 0 Å². The summed E-state index contributed by atoms with van der Waals surface area (Å²) in [6, 6.07) is 4.39. The Hall–Kier alpha value is -1.44. The van der Waals surface area contributed by atoms with Crippen LogP contribution in [0.1, 0.15) is 56.2 Å². The minimum atomic E-state index is -0.803. The van der Waals surface area contributed by atoms with Crippen molar-refractivity contribution in [3.05, 3.63) is 47.3 Å². The summed E-state index contributed by atoms with van der Waals surface area (Å²) < 4.78 is 14.1. The Morgan fingerprint density at radius 3 is 2.67 bits per heavy atom. The molecule has 0 saturated heterocycles. The summed E-state index contributed by atoms with van der Waals surface area (Å²) in [6.45, 7) is 0. The number of allylic oxidation sites excluding steroid dienone is 4. The molecule has 1 atom stereocenters. The highest BCUT2D eigenvalue weighted by molar-refractivity contribution is 5.85. The number of fused-ring (bicyclic) bond motifs is 3. The topological polar surface area (TPSA) is 12.9 Å². The van der Waals surface area contributed by atoms with Crippen molar-refractivity contribution < 1.29 is 4.39 Å². The molecule has 1 aromatic heterocycles. The van der Waals surface area contributed by atoms with Gasteiger partial charge in [-0.2, -0.15) is 0 Å². The molecule has 4 aliphatic carbocycles. The molecule has 4 aliphatic rings. The first-order valence-corrected chi connectivity index (χ1v) is 8.30. The third-order valence-corrected chi connectivity index (χ3v) is 6.61. The quantitative estimate of drug-likeness (QED) is 0.669. The maximum Gasteiger partial charge on any atom is 0.122 e. The number of nitrogens with zero attached hydrogens (tertiary/aromatic N) is 1. The van der Waals surface area contributed by atoms with Gasteiger partial charge in [0.05, 0.1) is 5.69 Å². The molecule has 0 spiro atoms. The van der Waals surface area contributed by atoms with Crippen LogP contribution < -0.4 is 0 Å². The Morgan fingerprint density at radius 2 is 1.86 bits per heavy atom. The lowest BCUT2D eigenvalue weighted by atomic mass is 9.54. The largest absolute Gasteiger partial charge is 0.256 e. The van der Waals surface area contributed by atoms with Gasteiger partial charge in [0.15, 0.2) is 0 Å². The Bertz CT molecular complexity index is 675. The average Bonchev–Trinajstić information content (AvgIpc) is 3.04. The Balaban J connectivity index is 1.88. The summed E-state index contributed by atoms with van der Waals surface area (Å²) in [4.78, 5) is 4.71. The molecule has 1 heterocycles. The van der Waals surface area contributed by atoms with Crippen molar-refractivity contribution in [2.45, 2.75) is 56.5 Å². The molecule has 0 bridgehead atoms. The summed E-state index contributed by atoms with van der Waals surface area (Å²) in [5.41, 5.74) is 5.62. The summed E-state index contributed by atoms with van der Waals surface area (Å²) in [5.74, 6) is 0. The number of hydrogen-bond donors (Lipinski definition) is 0. The van der Waals surface area contributed by atoms with E-state index in [9.17, 15) is 4.39 Å². The number of pyridine rings is 1. The third kappa shape index (κ3) is 1.26. The van der Waals surface area contributed by atoms with E-state index >= 15 is 0 Å². The third-order valence-electron chi connectivity index (χ3n) is 6.61. The number of alkyl halides is 1. The molecule has 2 fully saturated rings. The van der Waals surface area contributed by atoms with Crippen LogP contribution in [0.25, 0.3) is 5.57 Å². The highest BCUT2D eigenvalue weighted by Crippen LogP contribution is 2.71. The molecule has 21 heavy (non-hydrogen) atoms. The van der Waals surface area contributed by atoms with E-state index in [2.05, 4.69) is 18.2 Å². The zero-order chi connectivity index (χ0) is 14.1. The van der Waals surface area contributed by atoms with Crippen molar-refractivity contribution in [1.82, 2.24) is 4.98 Å². The van der Waals surface area contributed by atoms with Gasteiger partial charge in [0.2, 0.25) is 0 Å². The predicted octanol–water partition coefficient (Wildman–Crippen LogP) is 4.74. The molecule has 1 nitrogen and oxygen atoms in total. The van der Waals surface area contributed by atoms with Crippen LogP contribution in [0.3, 0.4) is 0 Å². The minimum absolute atomic E-state index is 0.208. The molecule has 2 saturated carbocycles. The van der Waals surface area contributed by atoms with Gasteiger partial charge in [-0.05, 0) is 49.0 Å². The van der Waals surface area contributed by atoms with E-state index in [-0.39, 0.29) is 10.8 Å². The first kappa shape index (κ1) is 12.1. The van der Waals surface area contributed by atoms with Gasteiger partial charge in [0, 0.05) is 29.0 Å². The van der Waals surface area contributed by atoms with Crippen LogP contribution >= 0.6 is 0 Å². The lowest BCUT2D eigenvalue weighted by Crippen LogP contribution is -2.43. The van der Waals surface area contributed by atoms with Crippen molar-refractivity contribution in [1.29, 1.82) is 0 Å². The highest BCUT2D eigenvalue weighted by Gasteiger charge is 2.63. The molecule has 0 N–H and O–H groups in total. The molecular formula is C19H20FN. The van der Waals surface area contributed by atoms with Crippen molar-refractivity contribution >= 4 is 5.57 Å². The van der Waals surface area contributed by atoms with Crippen LogP contribution in [0.2, 0.25) is 0 Å². The molecule has 5 rings (SSSR count). The summed E-state index contributed by atoms with van der Waals surface area (Å²) in [6.07, 6.45) is 13.2. The zero-order valence-electron chi connectivity index (χ0n) is 12.2. The maximum absolute atomic E-state index is 14.1. The van der Waals surface area contributed by atoms with Crippen LogP contribution in [0.15, 0.2) is 36.1 Å². The molecule has 2 heteroatoms. The van der Waals surface area contributed by atoms with Gasteiger partial charge in [-0.3, -0.25) is 4.98 Å². The molecule has 0 amide bonds. The number of aromatic nitrogens is 1. The van der Waals surface area contributed by atoms with E-state index < -0.39 is 6.17 Å². The van der Waals surface area contributed by atoms with E-state index in [1.807, 2.05) is 12.3 Å². The molecular weight excluding hydrogens is 261 g/mol. The fraction of sp³-hybridized carbons (Fsp3) is 0.526. The normalized spacial score (nSPS) is 39.8. The first-order valence-electron chi connectivity index (χ1n) is 8.30. The van der Waals surface area contributed by atoms with E-state index in [0.717, 1.165) is 5.69 Å². The molecule has 0 aromatic carbocycles. The van der Waals surface area contributed by atoms with Gasteiger partial charge in [0.25, 0.3) is 0 Å². The number of rotatable bonds is 0. The smallest absolute Gasteiger partial charge is 0.122 e. The lowest BCUT2D eigenvalue weighted by molar-refractivity contribution is 0.242. The van der Waals surface area contributed by atoms with Crippen LogP contribution in [0.4, 0.5) is 4.39 Å². The molecule has 0 radical (unpaired) electrons. The standard InChI is InChI=1S/C19H20FN/c20-13-5-6-14-16(12-13)19-9-2-7-18(19,8-3-10-19)15-4-1-11-21-17(14)15/h1,4,6,11-13H,2-3,5,7-10H2. The first-order chi connectivity index (χ1) is 10.3. The van der Waals surface area contributed by atoms with Crippen molar-refractivity contribution in [3.8, 4) is 0 Å². The van der Waals surface area contributed by atoms with E-state index in [0.29, 0.717) is 6.42 Å². The number of hydrogen-bond acceptors (Lipinski definition) is 1. The minimum Gasteiger partial charge on any atom is -0.256 e. The average molecular weight is 281 g/mol. The van der Waals surface area contributed by atoms with Crippen LogP contribution in [-0.4, -0.2) is 11.2 Å². The molecule has 0 aliphatic heterocycles. The zero-order valence-corrected chi connectivity index (χ0v) is 12.2. The second-order valence-corrected chi connectivity index (χ2v) is 7.22. The van der Waals surface area contributed by atoms with Gasteiger partial charge >= 0.3 is 0 Å². The monoisotopic (exact) mass is 281 g/mol. The van der Waals surface area contributed by atoms with Gasteiger partial charge in [-0.1, -0.05) is 25.0 Å². The SMILES string of the molecule is FC1C=C2C(=CC1)c1ncccc1C13CCCC21CCC3. The second-order valence-electron chi connectivity index (χ2n) is 7.22. The summed E-state index contributed by atoms with van der Waals surface area (Å²) in [7, 11) is 0. The van der Waals surface area contributed by atoms with E-state index in [1.54, 1.807) is 0 Å². The van der Waals surface area contributed by atoms with Gasteiger partial charge in [-0.15, -0.1) is 0 Å². The van der Waals surface area contributed by atoms with Gasteiger partial charge in [0.1, 0.15) is 6.17 Å². The Labute approximate surface area is 125 Å². The molecule has 1 aromatic rings.